The first-order valence-corrected chi connectivity index (χ1v) is 5.40. The highest BCUT2D eigenvalue weighted by Gasteiger charge is 1.81. The number of halogens is 1. The highest BCUT2D eigenvalue weighted by atomic mass is 35.5. The summed E-state index contributed by atoms with van der Waals surface area (Å²) in [6.07, 6.45) is 8.31. The molecule has 0 aliphatic carbocycles. The van der Waals surface area contributed by atoms with Gasteiger partial charge in [0.15, 0.2) is 0 Å². The third-order valence-corrected chi connectivity index (χ3v) is 2.29. The molecule has 0 atom stereocenters. The van der Waals surface area contributed by atoms with Gasteiger partial charge in [0, 0.05) is 0 Å². The average molecular weight is 243 g/mol. The molecule has 0 amide bonds. The van der Waals surface area contributed by atoms with E-state index < -0.39 is 0 Å². The summed E-state index contributed by atoms with van der Waals surface area (Å²) in [6, 6.07) is 20.6. The van der Waals surface area contributed by atoms with Gasteiger partial charge < -0.3 is 0 Å². The van der Waals surface area contributed by atoms with Crippen LogP contribution in [0.2, 0.25) is 0 Å². The van der Waals surface area contributed by atoms with E-state index in [1.165, 1.54) is 11.1 Å². The van der Waals surface area contributed by atoms with Crippen molar-refractivity contribution in [2.45, 2.75) is 0 Å². The van der Waals surface area contributed by atoms with Crippen molar-refractivity contribution in [3.05, 3.63) is 83.9 Å². The molecule has 0 radical (unpaired) electrons. The molecule has 17 heavy (non-hydrogen) atoms. The lowest BCUT2D eigenvalue weighted by molar-refractivity contribution is 1.65. The summed E-state index contributed by atoms with van der Waals surface area (Å²) in [5.74, 6) is 0. The van der Waals surface area contributed by atoms with Crippen LogP contribution in [0.1, 0.15) is 11.1 Å². The zero-order valence-corrected chi connectivity index (χ0v) is 10.3. The highest BCUT2D eigenvalue weighted by Crippen LogP contribution is 2.03. The third-order valence-electron chi connectivity index (χ3n) is 2.29. The second kappa shape index (κ2) is 7.48. The van der Waals surface area contributed by atoms with Crippen LogP contribution in [0.15, 0.2) is 72.8 Å². The van der Waals surface area contributed by atoms with Crippen LogP contribution in [0.4, 0.5) is 0 Å². The molecule has 0 nitrogen and oxygen atoms in total. The quantitative estimate of drug-likeness (QED) is 0.676. The number of allylic oxidation sites excluding steroid dienone is 2. The SMILES string of the molecule is C(C=Cc1ccccc1)=Cc1ccccc1.Cl. The third kappa shape index (κ3) is 4.71. The average Bonchev–Trinajstić information content (AvgIpc) is 2.37. The largest absolute Gasteiger partial charge is 0.147 e. The fourth-order valence-electron chi connectivity index (χ4n) is 1.46. The molecular weight excluding hydrogens is 228 g/mol. The van der Waals surface area contributed by atoms with Gasteiger partial charge in [-0.3, -0.25) is 0 Å². The first-order valence-electron chi connectivity index (χ1n) is 5.40. The van der Waals surface area contributed by atoms with Gasteiger partial charge in [0.1, 0.15) is 0 Å². The Hall–Kier alpha value is -1.79. The van der Waals surface area contributed by atoms with Gasteiger partial charge in [-0.15, -0.1) is 12.4 Å². The minimum absolute atomic E-state index is 0. The van der Waals surface area contributed by atoms with Crippen LogP contribution in [-0.2, 0) is 0 Å². The van der Waals surface area contributed by atoms with Crippen molar-refractivity contribution >= 4 is 24.6 Å². The van der Waals surface area contributed by atoms with Gasteiger partial charge >= 0.3 is 0 Å². The molecule has 86 valence electrons. The number of benzene rings is 2. The first kappa shape index (κ1) is 13.3. The Kier molecular flexibility index (Phi) is 5.84. The lowest BCUT2D eigenvalue weighted by Crippen LogP contribution is -1.68. The van der Waals surface area contributed by atoms with E-state index in [4.69, 9.17) is 0 Å². The molecule has 0 saturated heterocycles. The van der Waals surface area contributed by atoms with E-state index in [1.54, 1.807) is 0 Å². The predicted molar refractivity (Wildman–Crippen MR) is 78.2 cm³/mol. The zero-order valence-electron chi connectivity index (χ0n) is 9.49. The smallest absolute Gasteiger partial charge is 0.0257 e. The Morgan fingerprint density at radius 1 is 0.529 bits per heavy atom. The van der Waals surface area contributed by atoms with Crippen LogP contribution >= 0.6 is 12.4 Å². The molecule has 2 rings (SSSR count). The molecule has 0 saturated carbocycles. The molecule has 0 spiro atoms. The standard InChI is InChI=1S/C16H14.ClH/c1-3-9-15(10-4-1)13-7-8-14-16-11-5-2-6-12-16;/h1-14H;1H. The first-order chi connectivity index (χ1) is 7.95. The van der Waals surface area contributed by atoms with E-state index in [9.17, 15) is 0 Å². The molecule has 0 fully saturated rings. The minimum atomic E-state index is 0. The van der Waals surface area contributed by atoms with Crippen LogP contribution in [0, 0.1) is 0 Å². The van der Waals surface area contributed by atoms with Gasteiger partial charge in [-0.05, 0) is 11.1 Å². The molecule has 0 bridgehead atoms. The molecule has 0 unspecified atom stereocenters. The maximum absolute atomic E-state index is 2.10. The second-order valence-corrected chi connectivity index (χ2v) is 3.54. The molecule has 2 aromatic carbocycles. The van der Waals surface area contributed by atoms with Gasteiger partial charge in [-0.2, -0.15) is 0 Å². The van der Waals surface area contributed by atoms with Gasteiger partial charge in [0.2, 0.25) is 0 Å². The van der Waals surface area contributed by atoms with E-state index in [0.717, 1.165) is 0 Å². The van der Waals surface area contributed by atoms with Gasteiger partial charge in [0.05, 0.1) is 0 Å². The van der Waals surface area contributed by atoms with E-state index in [-0.39, 0.29) is 12.4 Å². The van der Waals surface area contributed by atoms with Crippen molar-refractivity contribution in [3.8, 4) is 0 Å². The highest BCUT2D eigenvalue weighted by molar-refractivity contribution is 5.85. The summed E-state index contributed by atoms with van der Waals surface area (Å²) in [5.41, 5.74) is 2.44. The summed E-state index contributed by atoms with van der Waals surface area (Å²) < 4.78 is 0. The Labute approximate surface area is 109 Å². The summed E-state index contributed by atoms with van der Waals surface area (Å²) in [5, 5.41) is 0. The van der Waals surface area contributed by atoms with Crippen LogP contribution in [-0.4, -0.2) is 0 Å². The molecule has 0 aliphatic heterocycles. The number of hydrogen-bond donors (Lipinski definition) is 0. The Morgan fingerprint density at radius 2 is 0.882 bits per heavy atom. The Bertz CT molecular complexity index is 422. The molecule has 1 heteroatoms. The zero-order chi connectivity index (χ0) is 11.1. The lowest BCUT2D eigenvalue weighted by atomic mass is 10.2. The predicted octanol–water partition coefficient (Wildman–Crippen LogP) is 4.84. The van der Waals surface area contributed by atoms with Crippen molar-refractivity contribution in [2.75, 3.05) is 0 Å². The van der Waals surface area contributed by atoms with Crippen LogP contribution in [0.25, 0.3) is 12.2 Å². The molecule has 0 heterocycles. The molecule has 2 aromatic rings. The van der Waals surface area contributed by atoms with E-state index in [1.807, 2.05) is 36.4 Å². The minimum Gasteiger partial charge on any atom is -0.147 e. The maximum Gasteiger partial charge on any atom is -0.0257 e. The van der Waals surface area contributed by atoms with Gasteiger partial charge in [-0.1, -0.05) is 85.0 Å². The summed E-state index contributed by atoms with van der Waals surface area (Å²) >= 11 is 0. The van der Waals surface area contributed by atoms with E-state index in [0.29, 0.717) is 0 Å². The second-order valence-electron chi connectivity index (χ2n) is 3.54. The van der Waals surface area contributed by atoms with E-state index >= 15 is 0 Å². The molecule has 0 aliphatic rings. The van der Waals surface area contributed by atoms with Crippen molar-refractivity contribution in [1.82, 2.24) is 0 Å². The van der Waals surface area contributed by atoms with Crippen molar-refractivity contribution in [1.29, 1.82) is 0 Å². The maximum atomic E-state index is 2.10. The fraction of sp³-hybridized carbons (Fsp3) is 0. The van der Waals surface area contributed by atoms with Crippen LogP contribution < -0.4 is 0 Å². The molecular formula is C16H15Cl. The normalized spacial score (nSPS) is 10.6. The van der Waals surface area contributed by atoms with Crippen LogP contribution in [0.3, 0.4) is 0 Å². The summed E-state index contributed by atoms with van der Waals surface area (Å²) in [6.45, 7) is 0. The fourth-order valence-corrected chi connectivity index (χ4v) is 1.46. The van der Waals surface area contributed by atoms with Crippen molar-refractivity contribution in [3.63, 3.8) is 0 Å². The van der Waals surface area contributed by atoms with Crippen molar-refractivity contribution < 1.29 is 0 Å². The summed E-state index contributed by atoms with van der Waals surface area (Å²) in [7, 11) is 0. The molecule has 0 aromatic heterocycles. The number of rotatable bonds is 3. The van der Waals surface area contributed by atoms with Gasteiger partial charge in [0.25, 0.3) is 0 Å². The Balaban J connectivity index is 0.00000144. The Morgan fingerprint density at radius 3 is 1.24 bits per heavy atom. The van der Waals surface area contributed by atoms with Crippen LogP contribution in [0.5, 0.6) is 0 Å². The summed E-state index contributed by atoms with van der Waals surface area (Å²) in [4.78, 5) is 0. The van der Waals surface area contributed by atoms with Gasteiger partial charge in [-0.25, -0.2) is 0 Å². The monoisotopic (exact) mass is 242 g/mol. The van der Waals surface area contributed by atoms with Crippen molar-refractivity contribution in [2.24, 2.45) is 0 Å². The lowest BCUT2D eigenvalue weighted by Gasteiger charge is -1.90. The number of hydrogen-bond acceptors (Lipinski definition) is 0. The molecule has 0 N–H and O–H groups in total. The topological polar surface area (TPSA) is 0 Å². The van der Waals surface area contributed by atoms with E-state index in [2.05, 4.69) is 48.6 Å².